The van der Waals surface area contributed by atoms with Crippen molar-refractivity contribution in [1.82, 2.24) is 4.98 Å². The molecular formula is C15H11F2N3O. The van der Waals surface area contributed by atoms with E-state index in [0.29, 0.717) is 5.69 Å². The molecule has 0 bridgehead atoms. The van der Waals surface area contributed by atoms with E-state index in [1.807, 2.05) is 0 Å². The number of nitrogen functional groups attached to an aromatic ring is 1. The fourth-order valence-corrected chi connectivity index (χ4v) is 2.10. The molecule has 1 amide bonds. The summed E-state index contributed by atoms with van der Waals surface area (Å²) >= 11 is 0. The van der Waals surface area contributed by atoms with Crippen molar-refractivity contribution in [3.8, 4) is 0 Å². The number of H-pyrrole nitrogens is 1. The highest BCUT2D eigenvalue weighted by atomic mass is 19.1. The molecule has 3 rings (SSSR count). The van der Waals surface area contributed by atoms with Crippen LogP contribution >= 0.6 is 0 Å². The number of rotatable bonds is 2. The molecule has 0 aliphatic heterocycles. The maximum Gasteiger partial charge on any atom is 0.272 e. The molecule has 106 valence electrons. The van der Waals surface area contributed by atoms with Gasteiger partial charge in [0.15, 0.2) is 0 Å². The molecule has 21 heavy (non-hydrogen) atoms. The topological polar surface area (TPSA) is 70.9 Å². The minimum absolute atomic E-state index is 0.0515. The fourth-order valence-electron chi connectivity index (χ4n) is 2.10. The van der Waals surface area contributed by atoms with Crippen LogP contribution in [0.15, 0.2) is 42.5 Å². The Hall–Kier alpha value is -2.89. The van der Waals surface area contributed by atoms with Crippen LogP contribution in [-0.4, -0.2) is 10.9 Å². The van der Waals surface area contributed by atoms with Crippen LogP contribution in [0.2, 0.25) is 0 Å². The highest BCUT2D eigenvalue weighted by Crippen LogP contribution is 2.20. The summed E-state index contributed by atoms with van der Waals surface area (Å²) < 4.78 is 26.2. The molecule has 4 N–H and O–H groups in total. The van der Waals surface area contributed by atoms with Crippen LogP contribution in [0.4, 0.5) is 20.2 Å². The van der Waals surface area contributed by atoms with Crippen LogP contribution in [0.1, 0.15) is 10.5 Å². The lowest BCUT2D eigenvalue weighted by Gasteiger charge is -2.04. The van der Waals surface area contributed by atoms with Gasteiger partial charge >= 0.3 is 0 Å². The molecule has 0 saturated heterocycles. The number of carbonyl (C=O) groups excluding carboxylic acids is 1. The zero-order chi connectivity index (χ0) is 15.0. The Bertz CT molecular complexity index is 822. The molecular weight excluding hydrogens is 276 g/mol. The Morgan fingerprint density at radius 3 is 2.48 bits per heavy atom. The number of nitrogens with two attached hydrogens (primary N) is 1. The van der Waals surface area contributed by atoms with E-state index in [9.17, 15) is 13.6 Å². The SMILES string of the molecule is Nc1ccc2[nH]c(C(=O)Nc3cc(F)cc(F)c3)cc2c1. The molecule has 1 heterocycles. The summed E-state index contributed by atoms with van der Waals surface area (Å²) in [5, 5.41) is 3.22. The largest absolute Gasteiger partial charge is 0.399 e. The molecule has 0 fully saturated rings. The van der Waals surface area contributed by atoms with E-state index < -0.39 is 17.5 Å². The number of anilines is 2. The summed E-state index contributed by atoms with van der Waals surface area (Å²) in [6, 6.07) is 9.64. The van der Waals surface area contributed by atoms with Crippen molar-refractivity contribution in [2.24, 2.45) is 0 Å². The van der Waals surface area contributed by atoms with Gasteiger partial charge in [0.2, 0.25) is 0 Å². The van der Waals surface area contributed by atoms with Crippen molar-refractivity contribution in [2.75, 3.05) is 11.1 Å². The lowest BCUT2D eigenvalue weighted by atomic mass is 10.2. The molecule has 0 saturated carbocycles. The smallest absolute Gasteiger partial charge is 0.272 e. The average molecular weight is 287 g/mol. The molecule has 0 aliphatic rings. The van der Waals surface area contributed by atoms with Crippen molar-refractivity contribution in [1.29, 1.82) is 0 Å². The van der Waals surface area contributed by atoms with Gasteiger partial charge in [-0.2, -0.15) is 0 Å². The van der Waals surface area contributed by atoms with Crippen molar-refractivity contribution < 1.29 is 13.6 Å². The number of hydrogen-bond acceptors (Lipinski definition) is 2. The quantitative estimate of drug-likeness (QED) is 0.633. The van der Waals surface area contributed by atoms with Crippen LogP contribution in [-0.2, 0) is 0 Å². The molecule has 3 aromatic rings. The second-order valence-corrected chi connectivity index (χ2v) is 4.64. The van der Waals surface area contributed by atoms with Gasteiger partial charge in [0, 0.05) is 28.3 Å². The van der Waals surface area contributed by atoms with Gasteiger partial charge in [-0.05, 0) is 36.4 Å². The monoisotopic (exact) mass is 287 g/mol. The molecule has 0 aliphatic carbocycles. The summed E-state index contributed by atoms with van der Waals surface area (Å²) in [6.07, 6.45) is 0. The van der Waals surface area contributed by atoms with Gasteiger partial charge in [-0.25, -0.2) is 8.78 Å². The molecule has 0 unspecified atom stereocenters. The Balaban J connectivity index is 1.89. The van der Waals surface area contributed by atoms with Gasteiger partial charge in [0.05, 0.1) is 0 Å². The van der Waals surface area contributed by atoms with Gasteiger partial charge < -0.3 is 16.0 Å². The first-order chi connectivity index (χ1) is 10.0. The van der Waals surface area contributed by atoms with Gasteiger partial charge in [0.25, 0.3) is 5.91 Å². The van der Waals surface area contributed by atoms with Gasteiger partial charge in [-0.1, -0.05) is 0 Å². The van der Waals surface area contributed by atoms with Crippen LogP contribution in [0.5, 0.6) is 0 Å². The maximum absolute atomic E-state index is 13.1. The molecule has 0 spiro atoms. The van der Waals surface area contributed by atoms with Crippen LogP contribution in [0.3, 0.4) is 0 Å². The number of fused-ring (bicyclic) bond motifs is 1. The third-order valence-corrected chi connectivity index (χ3v) is 3.01. The molecule has 1 aromatic heterocycles. The third kappa shape index (κ3) is 2.69. The first-order valence-corrected chi connectivity index (χ1v) is 6.17. The summed E-state index contributed by atoms with van der Waals surface area (Å²) in [5.41, 5.74) is 7.33. The van der Waals surface area contributed by atoms with E-state index in [2.05, 4.69) is 10.3 Å². The minimum atomic E-state index is -0.755. The number of amides is 1. The Labute approximate surface area is 118 Å². The standard InChI is InChI=1S/C15H11F2N3O/c16-9-5-10(17)7-12(6-9)19-15(21)14-4-8-3-11(18)1-2-13(8)20-14/h1-7,20H,18H2,(H,19,21). The Morgan fingerprint density at radius 1 is 1.05 bits per heavy atom. The number of nitrogens with one attached hydrogen (secondary N) is 2. The minimum Gasteiger partial charge on any atom is -0.399 e. The van der Waals surface area contributed by atoms with Crippen molar-refractivity contribution in [3.63, 3.8) is 0 Å². The zero-order valence-corrected chi connectivity index (χ0v) is 10.8. The summed E-state index contributed by atoms with van der Waals surface area (Å²) in [5.74, 6) is -2.00. The second kappa shape index (κ2) is 4.90. The normalized spacial score (nSPS) is 10.8. The van der Waals surface area contributed by atoms with E-state index in [1.54, 1.807) is 24.3 Å². The maximum atomic E-state index is 13.1. The van der Waals surface area contributed by atoms with Gasteiger partial charge in [0.1, 0.15) is 17.3 Å². The second-order valence-electron chi connectivity index (χ2n) is 4.64. The number of aromatic nitrogens is 1. The van der Waals surface area contributed by atoms with Crippen molar-refractivity contribution >= 4 is 28.2 Å². The zero-order valence-electron chi connectivity index (χ0n) is 10.8. The Morgan fingerprint density at radius 2 is 1.76 bits per heavy atom. The number of hydrogen-bond donors (Lipinski definition) is 3. The van der Waals surface area contributed by atoms with Crippen LogP contribution in [0.25, 0.3) is 10.9 Å². The van der Waals surface area contributed by atoms with E-state index in [1.165, 1.54) is 0 Å². The molecule has 4 nitrogen and oxygen atoms in total. The molecule has 2 aromatic carbocycles. The highest BCUT2D eigenvalue weighted by Gasteiger charge is 2.11. The van der Waals surface area contributed by atoms with E-state index in [4.69, 9.17) is 5.73 Å². The van der Waals surface area contributed by atoms with Crippen molar-refractivity contribution in [2.45, 2.75) is 0 Å². The van der Waals surface area contributed by atoms with Crippen LogP contribution < -0.4 is 11.1 Å². The average Bonchev–Trinajstić information content (AvgIpc) is 2.80. The molecule has 0 atom stereocenters. The summed E-state index contributed by atoms with van der Waals surface area (Å²) in [7, 11) is 0. The predicted molar refractivity (Wildman–Crippen MR) is 77.0 cm³/mol. The van der Waals surface area contributed by atoms with Gasteiger partial charge in [-0.15, -0.1) is 0 Å². The van der Waals surface area contributed by atoms with E-state index in [0.717, 1.165) is 29.1 Å². The highest BCUT2D eigenvalue weighted by molar-refractivity contribution is 6.06. The molecule has 0 radical (unpaired) electrons. The summed E-state index contributed by atoms with van der Waals surface area (Å²) in [4.78, 5) is 15.0. The van der Waals surface area contributed by atoms with E-state index >= 15 is 0 Å². The van der Waals surface area contributed by atoms with Gasteiger partial charge in [-0.3, -0.25) is 4.79 Å². The first-order valence-electron chi connectivity index (χ1n) is 6.17. The van der Waals surface area contributed by atoms with Crippen molar-refractivity contribution in [3.05, 3.63) is 59.8 Å². The number of aromatic amines is 1. The number of carbonyl (C=O) groups is 1. The third-order valence-electron chi connectivity index (χ3n) is 3.01. The lowest BCUT2D eigenvalue weighted by Crippen LogP contribution is -2.12. The summed E-state index contributed by atoms with van der Waals surface area (Å²) in [6.45, 7) is 0. The lowest BCUT2D eigenvalue weighted by molar-refractivity contribution is 0.102. The Kier molecular flexibility index (Phi) is 3.06. The van der Waals surface area contributed by atoms with Crippen LogP contribution in [0, 0.1) is 11.6 Å². The first kappa shape index (κ1) is 13.1. The predicted octanol–water partition coefficient (Wildman–Crippen LogP) is 3.28. The number of benzene rings is 2. The van der Waals surface area contributed by atoms with E-state index in [-0.39, 0.29) is 11.4 Å². The fraction of sp³-hybridized carbons (Fsp3) is 0. The number of halogens is 2. The molecule has 6 heteroatoms.